The van der Waals surface area contributed by atoms with E-state index in [2.05, 4.69) is 9.97 Å². The van der Waals surface area contributed by atoms with Gasteiger partial charge in [0.25, 0.3) is 0 Å². The zero-order valence-corrected chi connectivity index (χ0v) is 14.3. The maximum absolute atomic E-state index is 14.6. The van der Waals surface area contributed by atoms with E-state index >= 15 is 0 Å². The first-order valence-corrected chi connectivity index (χ1v) is 9.25. The highest BCUT2D eigenvalue weighted by atomic mass is 32.2. The number of likely N-dealkylation sites (N-methyl/N-ethyl adjacent to an activating group) is 1. The zero-order chi connectivity index (χ0) is 16.5. The predicted octanol–water partition coefficient (Wildman–Crippen LogP) is 1.60. The molecule has 124 valence electrons. The molecule has 1 aromatic rings. The fourth-order valence-electron chi connectivity index (χ4n) is 2.73. The van der Waals surface area contributed by atoms with Gasteiger partial charge in [-0.15, -0.1) is 0 Å². The molecule has 2 rings (SSSR count). The van der Waals surface area contributed by atoms with Crippen LogP contribution in [0.15, 0.2) is 6.33 Å². The summed E-state index contributed by atoms with van der Waals surface area (Å²) in [5, 5.41) is 0. The van der Waals surface area contributed by atoms with Gasteiger partial charge in [-0.2, -0.15) is 0 Å². The molecular formula is C14H23FN4O2S. The average molecular weight is 330 g/mol. The summed E-state index contributed by atoms with van der Waals surface area (Å²) in [6.45, 7) is 4.63. The van der Waals surface area contributed by atoms with Gasteiger partial charge in [-0.1, -0.05) is 13.8 Å². The number of piperidine rings is 1. The number of anilines is 1. The van der Waals surface area contributed by atoms with E-state index in [1.807, 2.05) is 13.8 Å². The van der Waals surface area contributed by atoms with Crippen LogP contribution < -0.4 is 4.90 Å². The number of halogens is 1. The van der Waals surface area contributed by atoms with Crippen LogP contribution in [-0.4, -0.2) is 55.1 Å². The van der Waals surface area contributed by atoms with Gasteiger partial charge in [-0.25, -0.2) is 27.1 Å². The lowest BCUT2D eigenvalue weighted by Crippen LogP contribution is -2.48. The summed E-state index contributed by atoms with van der Waals surface area (Å²) in [6, 6.07) is -0.0899. The Morgan fingerprint density at radius 3 is 2.68 bits per heavy atom. The summed E-state index contributed by atoms with van der Waals surface area (Å²) in [4.78, 5) is 9.79. The van der Waals surface area contributed by atoms with E-state index in [1.165, 1.54) is 16.9 Å². The Balaban J connectivity index is 2.25. The van der Waals surface area contributed by atoms with Crippen LogP contribution >= 0.6 is 0 Å². The first-order valence-electron chi connectivity index (χ1n) is 7.40. The van der Waals surface area contributed by atoms with Crippen molar-refractivity contribution in [3.05, 3.63) is 17.8 Å². The van der Waals surface area contributed by atoms with Gasteiger partial charge in [0.1, 0.15) is 6.33 Å². The summed E-state index contributed by atoms with van der Waals surface area (Å²) in [6.07, 6.45) is 4.13. The third-order valence-corrected chi connectivity index (χ3v) is 5.32. The van der Waals surface area contributed by atoms with Crippen molar-refractivity contribution in [2.45, 2.75) is 38.6 Å². The van der Waals surface area contributed by atoms with Crippen LogP contribution in [0.1, 0.15) is 38.3 Å². The van der Waals surface area contributed by atoms with Crippen molar-refractivity contribution in [2.75, 3.05) is 31.3 Å². The van der Waals surface area contributed by atoms with Gasteiger partial charge in [0, 0.05) is 26.2 Å². The van der Waals surface area contributed by atoms with Gasteiger partial charge < -0.3 is 4.90 Å². The van der Waals surface area contributed by atoms with Gasteiger partial charge in [-0.05, 0) is 18.8 Å². The lowest BCUT2D eigenvalue weighted by atomic mass is 10.1. The molecule has 1 unspecified atom stereocenters. The molecule has 0 radical (unpaired) electrons. The Morgan fingerprint density at radius 1 is 1.41 bits per heavy atom. The van der Waals surface area contributed by atoms with E-state index in [1.54, 1.807) is 11.9 Å². The first-order chi connectivity index (χ1) is 10.2. The second-order valence-corrected chi connectivity index (χ2v) is 8.06. The lowest BCUT2D eigenvalue weighted by Gasteiger charge is -2.37. The second-order valence-electron chi connectivity index (χ2n) is 6.08. The summed E-state index contributed by atoms with van der Waals surface area (Å²) in [5.41, 5.74) is 0.382. The number of hydrogen-bond acceptors (Lipinski definition) is 5. The van der Waals surface area contributed by atoms with Gasteiger partial charge in [0.15, 0.2) is 11.6 Å². The smallest absolute Gasteiger partial charge is 0.211 e. The minimum Gasteiger partial charge on any atom is -0.353 e. The van der Waals surface area contributed by atoms with E-state index in [-0.39, 0.29) is 17.8 Å². The molecule has 8 heteroatoms. The van der Waals surface area contributed by atoms with Gasteiger partial charge >= 0.3 is 0 Å². The molecule has 0 bridgehead atoms. The first kappa shape index (κ1) is 17.1. The van der Waals surface area contributed by atoms with Crippen LogP contribution in [0.4, 0.5) is 10.2 Å². The van der Waals surface area contributed by atoms with Crippen molar-refractivity contribution in [1.29, 1.82) is 0 Å². The van der Waals surface area contributed by atoms with Crippen molar-refractivity contribution < 1.29 is 12.8 Å². The fourth-order valence-corrected chi connectivity index (χ4v) is 3.64. The number of sulfonamides is 1. The second kappa shape index (κ2) is 6.45. The normalized spacial score (nSPS) is 20.4. The molecule has 1 aliphatic rings. The molecule has 0 amide bonds. The minimum atomic E-state index is -3.23. The number of nitrogens with zero attached hydrogens (tertiary/aromatic N) is 4. The van der Waals surface area contributed by atoms with Crippen molar-refractivity contribution in [3.63, 3.8) is 0 Å². The molecule has 6 nitrogen and oxygen atoms in total. The molecular weight excluding hydrogens is 307 g/mol. The van der Waals surface area contributed by atoms with E-state index < -0.39 is 15.8 Å². The Bertz CT molecular complexity index is 636. The van der Waals surface area contributed by atoms with E-state index in [4.69, 9.17) is 0 Å². The molecule has 0 saturated carbocycles. The van der Waals surface area contributed by atoms with E-state index in [0.29, 0.717) is 18.8 Å². The Hall–Kier alpha value is -1.28. The van der Waals surface area contributed by atoms with Crippen molar-refractivity contribution in [2.24, 2.45) is 0 Å². The third-order valence-electron chi connectivity index (χ3n) is 4.05. The molecule has 0 aromatic carbocycles. The topological polar surface area (TPSA) is 66.4 Å². The Kier molecular flexibility index (Phi) is 5.01. The van der Waals surface area contributed by atoms with Gasteiger partial charge in [-0.3, -0.25) is 0 Å². The monoisotopic (exact) mass is 330 g/mol. The average Bonchev–Trinajstić information content (AvgIpc) is 2.45. The largest absolute Gasteiger partial charge is 0.353 e. The maximum atomic E-state index is 14.6. The molecule has 1 fully saturated rings. The molecule has 0 N–H and O–H groups in total. The zero-order valence-electron chi connectivity index (χ0n) is 13.5. The van der Waals surface area contributed by atoms with Crippen molar-refractivity contribution in [1.82, 2.24) is 14.3 Å². The summed E-state index contributed by atoms with van der Waals surface area (Å²) < 4.78 is 39.4. The van der Waals surface area contributed by atoms with Crippen molar-refractivity contribution >= 4 is 15.8 Å². The third kappa shape index (κ3) is 3.55. The highest BCUT2D eigenvalue weighted by molar-refractivity contribution is 7.88. The molecule has 1 aromatic heterocycles. The number of rotatable bonds is 4. The Labute approximate surface area is 131 Å². The van der Waals surface area contributed by atoms with Gasteiger partial charge in [0.2, 0.25) is 10.0 Å². The Morgan fingerprint density at radius 2 is 2.09 bits per heavy atom. The number of hydrogen-bond donors (Lipinski definition) is 0. The van der Waals surface area contributed by atoms with Crippen LogP contribution in [-0.2, 0) is 10.0 Å². The molecule has 0 spiro atoms. The highest BCUT2D eigenvalue weighted by Crippen LogP contribution is 2.26. The quantitative estimate of drug-likeness (QED) is 0.839. The standard InChI is InChI=1S/C14H23FN4O2S/c1-10(2)13-12(15)14(17-9-16-13)18(3)11-6-5-7-19(8-11)22(4,20)21/h9-11H,5-8H2,1-4H3. The molecule has 1 saturated heterocycles. The van der Waals surface area contributed by atoms with Crippen molar-refractivity contribution in [3.8, 4) is 0 Å². The molecule has 22 heavy (non-hydrogen) atoms. The molecule has 0 aliphatic carbocycles. The summed E-state index contributed by atoms with van der Waals surface area (Å²) in [7, 11) is -1.47. The summed E-state index contributed by atoms with van der Waals surface area (Å²) in [5.74, 6) is -0.218. The molecule has 1 aliphatic heterocycles. The summed E-state index contributed by atoms with van der Waals surface area (Å²) >= 11 is 0. The van der Waals surface area contributed by atoms with Crippen LogP contribution in [0.2, 0.25) is 0 Å². The van der Waals surface area contributed by atoms with E-state index in [0.717, 1.165) is 12.8 Å². The van der Waals surface area contributed by atoms with Crippen LogP contribution in [0, 0.1) is 5.82 Å². The molecule has 1 atom stereocenters. The molecule has 2 heterocycles. The van der Waals surface area contributed by atoms with Crippen LogP contribution in [0.3, 0.4) is 0 Å². The van der Waals surface area contributed by atoms with Crippen LogP contribution in [0.5, 0.6) is 0 Å². The van der Waals surface area contributed by atoms with E-state index in [9.17, 15) is 12.8 Å². The SMILES string of the molecule is CC(C)c1ncnc(N(C)C2CCCN(S(C)(=O)=O)C2)c1F. The van der Waals surface area contributed by atoms with Gasteiger partial charge in [0.05, 0.1) is 11.9 Å². The predicted molar refractivity (Wildman–Crippen MR) is 83.9 cm³/mol. The maximum Gasteiger partial charge on any atom is 0.211 e. The lowest BCUT2D eigenvalue weighted by molar-refractivity contribution is 0.310. The fraction of sp³-hybridized carbons (Fsp3) is 0.714. The highest BCUT2D eigenvalue weighted by Gasteiger charge is 2.30. The number of aromatic nitrogens is 2. The van der Waals surface area contributed by atoms with Crippen LogP contribution in [0.25, 0.3) is 0 Å². The minimum absolute atomic E-state index is 0.0333.